The Morgan fingerprint density at radius 3 is 2.57 bits per heavy atom. The number of hydrogen-bond donors (Lipinski definition) is 1. The molecule has 0 atom stereocenters. The SMILES string of the molecule is CCO/N=C/c1ccc(OCCC2CCN(c3ccc(CO)nn3)CC2)cc1. The first-order valence-electron chi connectivity index (χ1n) is 9.85. The third-order valence-corrected chi connectivity index (χ3v) is 4.89. The molecule has 1 N–H and O–H groups in total. The highest BCUT2D eigenvalue weighted by atomic mass is 16.6. The summed E-state index contributed by atoms with van der Waals surface area (Å²) in [5, 5.41) is 21.1. The van der Waals surface area contributed by atoms with Gasteiger partial charge < -0.3 is 19.6 Å². The molecule has 150 valence electrons. The highest BCUT2D eigenvalue weighted by Gasteiger charge is 2.20. The van der Waals surface area contributed by atoms with Crippen LogP contribution in [0.1, 0.15) is 37.4 Å². The molecule has 0 unspecified atom stereocenters. The minimum absolute atomic E-state index is 0.0705. The molecule has 2 aromatic rings. The molecule has 0 spiro atoms. The topological polar surface area (TPSA) is 80.1 Å². The van der Waals surface area contributed by atoms with Crippen LogP contribution < -0.4 is 9.64 Å². The third-order valence-electron chi connectivity index (χ3n) is 4.89. The van der Waals surface area contributed by atoms with E-state index in [0.29, 0.717) is 18.2 Å². The second-order valence-corrected chi connectivity index (χ2v) is 6.83. The molecule has 1 aromatic carbocycles. The Balaban J connectivity index is 1.37. The molecule has 2 heterocycles. The zero-order chi connectivity index (χ0) is 19.6. The number of aromatic nitrogens is 2. The number of oxime groups is 1. The zero-order valence-corrected chi connectivity index (χ0v) is 16.3. The van der Waals surface area contributed by atoms with Crippen molar-refractivity contribution in [1.82, 2.24) is 10.2 Å². The number of nitrogens with zero attached hydrogens (tertiary/aromatic N) is 4. The van der Waals surface area contributed by atoms with Crippen molar-refractivity contribution >= 4 is 12.0 Å². The van der Waals surface area contributed by atoms with Crippen LogP contribution in [-0.2, 0) is 11.4 Å². The average molecular weight is 384 g/mol. The smallest absolute Gasteiger partial charge is 0.151 e. The second kappa shape index (κ2) is 10.6. The van der Waals surface area contributed by atoms with Crippen LogP contribution in [0.4, 0.5) is 5.82 Å². The van der Waals surface area contributed by atoms with Crippen molar-refractivity contribution < 1.29 is 14.7 Å². The van der Waals surface area contributed by atoms with Crippen LogP contribution in [-0.4, -0.2) is 47.8 Å². The van der Waals surface area contributed by atoms with Crippen molar-refractivity contribution in [3.05, 3.63) is 47.7 Å². The molecule has 28 heavy (non-hydrogen) atoms. The Morgan fingerprint density at radius 2 is 1.93 bits per heavy atom. The van der Waals surface area contributed by atoms with Crippen LogP contribution in [0.5, 0.6) is 5.75 Å². The molecule has 1 fully saturated rings. The Kier molecular flexibility index (Phi) is 7.61. The van der Waals surface area contributed by atoms with Crippen LogP contribution in [0.15, 0.2) is 41.6 Å². The van der Waals surface area contributed by atoms with Gasteiger partial charge in [-0.25, -0.2) is 0 Å². The lowest BCUT2D eigenvalue weighted by Crippen LogP contribution is -2.34. The van der Waals surface area contributed by atoms with E-state index in [-0.39, 0.29) is 6.61 Å². The number of anilines is 1. The molecule has 7 heteroatoms. The Bertz CT molecular complexity index is 726. The minimum atomic E-state index is -0.0705. The van der Waals surface area contributed by atoms with E-state index >= 15 is 0 Å². The van der Waals surface area contributed by atoms with E-state index in [1.165, 1.54) is 0 Å². The van der Waals surface area contributed by atoms with E-state index in [0.717, 1.165) is 56.1 Å². The molecule has 1 aliphatic heterocycles. The Labute approximate surface area is 166 Å². The minimum Gasteiger partial charge on any atom is -0.494 e. The Hall–Kier alpha value is -2.67. The molecule has 3 rings (SSSR count). The summed E-state index contributed by atoms with van der Waals surface area (Å²) in [7, 11) is 0. The lowest BCUT2D eigenvalue weighted by Gasteiger charge is -2.32. The van der Waals surface area contributed by atoms with Crippen molar-refractivity contribution in [1.29, 1.82) is 0 Å². The van der Waals surface area contributed by atoms with Gasteiger partial charge in [0, 0.05) is 13.1 Å². The second-order valence-electron chi connectivity index (χ2n) is 6.83. The quantitative estimate of drug-likeness (QED) is 0.529. The van der Waals surface area contributed by atoms with E-state index in [1.54, 1.807) is 6.21 Å². The summed E-state index contributed by atoms with van der Waals surface area (Å²) < 4.78 is 5.89. The lowest BCUT2D eigenvalue weighted by atomic mass is 9.94. The van der Waals surface area contributed by atoms with Gasteiger partial charge in [-0.3, -0.25) is 0 Å². The van der Waals surface area contributed by atoms with E-state index in [9.17, 15) is 0 Å². The van der Waals surface area contributed by atoms with E-state index in [2.05, 4.69) is 20.3 Å². The predicted molar refractivity (Wildman–Crippen MR) is 109 cm³/mol. The fourth-order valence-corrected chi connectivity index (χ4v) is 3.22. The van der Waals surface area contributed by atoms with Gasteiger partial charge in [-0.1, -0.05) is 5.16 Å². The van der Waals surface area contributed by atoms with Gasteiger partial charge in [-0.2, -0.15) is 5.10 Å². The molecule has 0 aliphatic carbocycles. The van der Waals surface area contributed by atoms with Crippen molar-refractivity contribution in [3.63, 3.8) is 0 Å². The first-order chi connectivity index (χ1) is 13.8. The molecule has 0 saturated carbocycles. The Morgan fingerprint density at radius 1 is 1.14 bits per heavy atom. The summed E-state index contributed by atoms with van der Waals surface area (Å²) in [5.41, 5.74) is 1.59. The van der Waals surface area contributed by atoms with Crippen molar-refractivity contribution in [2.45, 2.75) is 32.8 Å². The number of benzene rings is 1. The van der Waals surface area contributed by atoms with Gasteiger partial charge in [-0.05, 0) is 74.1 Å². The predicted octanol–water partition coefficient (Wildman–Crippen LogP) is 3.02. The standard InChI is InChI=1S/C21H28N4O3/c1-2-28-22-15-18-3-6-20(7-4-18)27-14-11-17-9-12-25(13-10-17)21-8-5-19(16-26)23-24-21/h3-8,15,17,26H,2,9-14,16H2,1H3/b22-15+. The van der Waals surface area contributed by atoms with Crippen LogP contribution in [0.3, 0.4) is 0 Å². The maximum absolute atomic E-state index is 9.06. The molecule has 1 aromatic heterocycles. The van der Waals surface area contributed by atoms with Crippen LogP contribution in [0.2, 0.25) is 0 Å². The number of aliphatic hydroxyl groups excluding tert-OH is 1. The number of piperidine rings is 1. The summed E-state index contributed by atoms with van der Waals surface area (Å²) in [6.07, 6.45) is 5.00. The normalized spacial score (nSPS) is 15.1. The summed E-state index contributed by atoms with van der Waals surface area (Å²) in [6, 6.07) is 11.6. The largest absolute Gasteiger partial charge is 0.494 e. The highest BCUT2D eigenvalue weighted by Crippen LogP contribution is 2.24. The van der Waals surface area contributed by atoms with Crippen LogP contribution in [0.25, 0.3) is 0 Å². The third kappa shape index (κ3) is 5.92. The molecular weight excluding hydrogens is 356 g/mol. The molecule has 1 saturated heterocycles. The average Bonchev–Trinajstić information content (AvgIpc) is 2.76. The summed E-state index contributed by atoms with van der Waals surface area (Å²) >= 11 is 0. The fourth-order valence-electron chi connectivity index (χ4n) is 3.22. The monoisotopic (exact) mass is 384 g/mol. The molecule has 0 bridgehead atoms. The summed E-state index contributed by atoms with van der Waals surface area (Å²) in [4.78, 5) is 7.22. The molecule has 1 aliphatic rings. The first kappa shape index (κ1) is 20.1. The van der Waals surface area contributed by atoms with E-state index in [1.807, 2.05) is 43.3 Å². The highest BCUT2D eigenvalue weighted by molar-refractivity contribution is 5.79. The lowest BCUT2D eigenvalue weighted by molar-refractivity contribution is 0.160. The zero-order valence-electron chi connectivity index (χ0n) is 16.3. The molecule has 7 nitrogen and oxygen atoms in total. The number of ether oxygens (including phenoxy) is 1. The van der Waals surface area contributed by atoms with Gasteiger partial charge in [-0.15, -0.1) is 5.10 Å². The number of aliphatic hydroxyl groups is 1. The maximum Gasteiger partial charge on any atom is 0.151 e. The first-order valence-corrected chi connectivity index (χ1v) is 9.85. The van der Waals surface area contributed by atoms with Gasteiger partial charge >= 0.3 is 0 Å². The van der Waals surface area contributed by atoms with Gasteiger partial charge in [0.05, 0.1) is 25.1 Å². The van der Waals surface area contributed by atoms with Crippen LogP contribution in [0, 0.1) is 5.92 Å². The van der Waals surface area contributed by atoms with Crippen molar-refractivity contribution in [2.24, 2.45) is 11.1 Å². The van der Waals surface area contributed by atoms with Crippen molar-refractivity contribution in [3.8, 4) is 5.75 Å². The van der Waals surface area contributed by atoms with Crippen molar-refractivity contribution in [2.75, 3.05) is 31.2 Å². The summed E-state index contributed by atoms with van der Waals surface area (Å²) in [6.45, 7) is 5.08. The fraction of sp³-hybridized carbons (Fsp3) is 0.476. The van der Waals surface area contributed by atoms with Gasteiger partial charge in [0.1, 0.15) is 12.4 Å². The molecular formula is C21H28N4O3. The molecule has 0 radical (unpaired) electrons. The summed E-state index contributed by atoms with van der Waals surface area (Å²) in [5.74, 6) is 2.43. The van der Waals surface area contributed by atoms with Gasteiger partial charge in [0.15, 0.2) is 5.82 Å². The van der Waals surface area contributed by atoms with Gasteiger partial charge in [0.25, 0.3) is 0 Å². The number of hydrogen-bond acceptors (Lipinski definition) is 7. The maximum atomic E-state index is 9.06. The molecule has 0 amide bonds. The van der Waals surface area contributed by atoms with Gasteiger partial charge in [0.2, 0.25) is 0 Å². The van der Waals surface area contributed by atoms with E-state index < -0.39 is 0 Å². The number of rotatable bonds is 9. The van der Waals surface area contributed by atoms with E-state index in [4.69, 9.17) is 14.7 Å². The van der Waals surface area contributed by atoms with Crippen LogP contribution >= 0.6 is 0 Å².